The summed E-state index contributed by atoms with van der Waals surface area (Å²) in [6.45, 7) is 5.68. The van der Waals surface area contributed by atoms with Crippen LogP contribution >= 0.6 is 11.3 Å². The summed E-state index contributed by atoms with van der Waals surface area (Å²) < 4.78 is 0. The SMILES string of the molecule is CCCNC(c1ccccc1)C(C)CCc1ccsc1. The number of benzene rings is 1. The molecular weight excluding hydrogens is 262 g/mol. The molecule has 2 heteroatoms. The Morgan fingerprint density at radius 2 is 1.95 bits per heavy atom. The minimum atomic E-state index is 0.467. The summed E-state index contributed by atoms with van der Waals surface area (Å²) in [7, 11) is 0. The minimum absolute atomic E-state index is 0.467. The van der Waals surface area contributed by atoms with Gasteiger partial charge >= 0.3 is 0 Å². The van der Waals surface area contributed by atoms with E-state index in [4.69, 9.17) is 0 Å². The molecule has 1 aromatic heterocycles. The molecule has 1 aromatic carbocycles. The first-order valence-electron chi connectivity index (χ1n) is 7.60. The van der Waals surface area contributed by atoms with Gasteiger partial charge in [-0.15, -0.1) is 0 Å². The van der Waals surface area contributed by atoms with Crippen LogP contribution in [0.3, 0.4) is 0 Å². The molecule has 1 heterocycles. The number of nitrogens with one attached hydrogen (secondary N) is 1. The highest BCUT2D eigenvalue weighted by Gasteiger charge is 2.18. The van der Waals surface area contributed by atoms with Crippen molar-refractivity contribution in [2.24, 2.45) is 5.92 Å². The third-order valence-electron chi connectivity index (χ3n) is 3.81. The Kier molecular flexibility index (Phi) is 6.28. The van der Waals surface area contributed by atoms with E-state index in [0.717, 1.165) is 6.54 Å². The Morgan fingerprint density at radius 1 is 1.15 bits per heavy atom. The number of hydrogen-bond acceptors (Lipinski definition) is 2. The van der Waals surface area contributed by atoms with Crippen LogP contribution in [0.5, 0.6) is 0 Å². The Labute approximate surface area is 127 Å². The summed E-state index contributed by atoms with van der Waals surface area (Å²) in [5.74, 6) is 0.642. The lowest BCUT2D eigenvalue weighted by atomic mass is 9.90. The van der Waals surface area contributed by atoms with Crippen molar-refractivity contribution in [3.63, 3.8) is 0 Å². The zero-order valence-electron chi connectivity index (χ0n) is 12.5. The third kappa shape index (κ3) is 4.46. The Balaban J connectivity index is 1.98. The first kappa shape index (κ1) is 15.3. The molecule has 0 fully saturated rings. The van der Waals surface area contributed by atoms with Crippen molar-refractivity contribution >= 4 is 11.3 Å². The monoisotopic (exact) mass is 287 g/mol. The number of thiophene rings is 1. The van der Waals surface area contributed by atoms with Crippen molar-refractivity contribution in [1.29, 1.82) is 0 Å². The topological polar surface area (TPSA) is 12.0 Å². The molecule has 20 heavy (non-hydrogen) atoms. The standard InChI is InChI=1S/C18H25NS/c1-3-12-19-18(17-7-5-4-6-8-17)15(2)9-10-16-11-13-20-14-16/h4-8,11,13-15,18-19H,3,9-10,12H2,1-2H3. The van der Waals surface area contributed by atoms with Crippen molar-refractivity contribution in [3.05, 3.63) is 58.3 Å². The van der Waals surface area contributed by atoms with Crippen LogP contribution in [0.15, 0.2) is 47.2 Å². The first-order valence-corrected chi connectivity index (χ1v) is 8.55. The molecule has 0 saturated carbocycles. The minimum Gasteiger partial charge on any atom is -0.310 e. The van der Waals surface area contributed by atoms with Gasteiger partial charge < -0.3 is 5.32 Å². The highest BCUT2D eigenvalue weighted by Crippen LogP contribution is 2.26. The lowest BCUT2D eigenvalue weighted by Gasteiger charge is -2.26. The van der Waals surface area contributed by atoms with Crippen molar-refractivity contribution in [2.45, 2.75) is 39.2 Å². The maximum absolute atomic E-state index is 3.72. The highest BCUT2D eigenvalue weighted by molar-refractivity contribution is 7.07. The van der Waals surface area contributed by atoms with Gasteiger partial charge in [-0.3, -0.25) is 0 Å². The lowest BCUT2D eigenvalue weighted by Crippen LogP contribution is -2.28. The zero-order valence-corrected chi connectivity index (χ0v) is 13.3. The molecule has 0 bridgehead atoms. The van der Waals surface area contributed by atoms with E-state index in [1.807, 2.05) is 0 Å². The van der Waals surface area contributed by atoms with Gasteiger partial charge in [0, 0.05) is 6.04 Å². The molecule has 0 aliphatic rings. The molecule has 0 spiro atoms. The largest absolute Gasteiger partial charge is 0.310 e. The maximum atomic E-state index is 3.72. The molecule has 1 N–H and O–H groups in total. The normalized spacial score (nSPS) is 14.1. The Hall–Kier alpha value is -1.12. The zero-order chi connectivity index (χ0) is 14.2. The second-order valence-electron chi connectivity index (χ2n) is 5.49. The predicted octanol–water partition coefficient (Wildman–Crippen LogP) is 5.06. The molecule has 108 valence electrons. The molecule has 1 nitrogen and oxygen atoms in total. The summed E-state index contributed by atoms with van der Waals surface area (Å²) >= 11 is 1.79. The maximum Gasteiger partial charge on any atom is 0.0346 e. The average molecular weight is 287 g/mol. The van der Waals surface area contributed by atoms with E-state index in [1.165, 1.54) is 30.4 Å². The molecular formula is C18H25NS. The fourth-order valence-electron chi connectivity index (χ4n) is 2.60. The van der Waals surface area contributed by atoms with E-state index in [0.29, 0.717) is 12.0 Å². The molecule has 0 aliphatic heterocycles. The molecule has 2 atom stereocenters. The van der Waals surface area contributed by atoms with E-state index >= 15 is 0 Å². The summed E-state index contributed by atoms with van der Waals surface area (Å²) in [6, 6.07) is 13.6. The Bertz CT molecular complexity index is 463. The number of aryl methyl sites for hydroxylation is 1. The average Bonchev–Trinajstić information content (AvgIpc) is 3.00. The summed E-state index contributed by atoms with van der Waals surface area (Å²) in [5.41, 5.74) is 2.89. The summed E-state index contributed by atoms with van der Waals surface area (Å²) in [6.07, 6.45) is 3.59. The van der Waals surface area contributed by atoms with Gasteiger partial charge in [-0.2, -0.15) is 11.3 Å². The van der Waals surface area contributed by atoms with Crippen LogP contribution in [-0.2, 0) is 6.42 Å². The smallest absolute Gasteiger partial charge is 0.0346 e. The van der Waals surface area contributed by atoms with E-state index in [2.05, 4.69) is 66.3 Å². The number of rotatable bonds is 8. The second kappa shape index (κ2) is 8.23. The molecule has 2 unspecified atom stereocenters. The van der Waals surface area contributed by atoms with Gasteiger partial charge in [0.05, 0.1) is 0 Å². The van der Waals surface area contributed by atoms with E-state index in [1.54, 1.807) is 11.3 Å². The van der Waals surface area contributed by atoms with E-state index in [9.17, 15) is 0 Å². The van der Waals surface area contributed by atoms with Crippen molar-refractivity contribution in [2.75, 3.05) is 6.54 Å². The van der Waals surface area contributed by atoms with Crippen LogP contribution in [-0.4, -0.2) is 6.54 Å². The summed E-state index contributed by atoms with van der Waals surface area (Å²) in [5, 5.41) is 8.16. The molecule has 0 amide bonds. The quantitative estimate of drug-likeness (QED) is 0.715. The van der Waals surface area contributed by atoms with Gasteiger partial charge in [0.1, 0.15) is 0 Å². The van der Waals surface area contributed by atoms with Gasteiger partial charge in [0.2, 0.25) is 0 Å². The van der Waals surface area contributed by atoms with Crippen molar-refractivity contribution in [3.8, 4) is 0 Å². The van der Waals surface area contributed by atoms with Crippen LogP contribution < -0.4 is 5.32 Å². The first-order chi connectivity index (χ1) is 9.81. The van der Waals surface area contributed by atoms with E-state index < -0.39 is 0 Å². The molecule has 2 rings (SSSR count). The van der Waals surface area contributed by atoms with E-state index in [-0.39, 0.29) is 0 Å². The van der Waals surface area contributed by atoms with Gasteiger partial charge in [0.25, 0.3) is 0 Å². The predicted molar refractivity (Wildman–Crippen MR) is 89.3 cm³/mol. The van der Waals surface area contributed by atoms with Gasteiger partial charge in [-0.25, -0.2) is 0 Å². The second-order valence-corrected chi connectivity index (χ2v) is 6.27. The van der Waals surface area contributed by atoms with Crippen LogP contribution in [0.1, 0.15) is 43.9 Å². The van der Waals surface area contributed by atoms with Crippen molar-refractivity contribution < 1.29 is 0 Å². The van der Waals surface area contributed by atoms with Crippen LogP contribution in [0.2, 0.25) is 0 Å². The molecule has 0 saturated heterocycles. The lowest BCUT2D eigenvalue weighted by molar-refractivity contribution is 0.366. The molecule has 0 aliphatic carbocycles. The molecule has 0 radical (unpaired) electrons. The Morgan fingerprint density at radius 3 is 2.60 bits per heavy atom. The molecule has 2 aromatic rings. The third-order valence-corrected chi connectivity index (χ3v) is 4.54. The highest BCUT2D eigenvalue weighted by atomic mass is 32.1. The fraction of sp³-hybridized carbons (Fsp3) is 0.444. The van der Waals surface area contributed by atoms with Crippen LogP contribution in [0, 0.1) is 5.92 Å². The van der Waals surface area contributed by atoms with Gasteiger partial charge in [0.15, 0.2) is 0 Å². The summed E-state index contributed by atoms with van der Waals surface area (Å²) in [4.78, 5) is 0. The van der Waals surface area contributed by atoms with Gasteiger partial charge in [-0.05, 0) is 59.7 Å². The number of hydrogen-bond donors (Lipinski definition) is 1. The van der Waals surface area contributed by atoms with Crippen molar-refractivity contribution in [1.82, 2.24) is 5.32 Å². The fourth-order valence-corrected chi connectivity index (χ4v) is 3.31. The van der Waals surface area contributed by atoms with Crippen LogP contribution in [0.4, 0.5) is 0 Å². The van der Waals surface area contributed by atoms with Crippen LogP contribution in [0.25, 0.3) is 0 Å². The van der Waals surface area contributed by atoms with Gasteiger partial charge in [-0.1, -0.05) is 44.2 Å².